The van der Waals surface area contributed by atoms with Gasteiger partial charge in [0.05, 0.1) is 6.04 Å². The molecule has 1 fully saturated rings. The van der Waals surface area contributed by atoms with Gasteiger partial charge in [-0.3, -0.25) is 11.3 Å². The molecule has 1 heterocycles. The molecule has 0 amide bonds. The lowest BCUT2D eigenvalue weighted by Crippen LogP contribution is -2.38. The highest BCUT2D eigenvalue weighted by Crippen LogP contribution is 2.34. The van der Waals surface area contributed by atoms with Gasteiger partial charge < -0.3 is 0 Å². The average Bonchev–Trinajstić information content (AvgIpc) is 2.34. The monoisotopic (exact) mass is 272 g/mol. The molecule has 0 radical (unpaired) electrons. The molecule has 1 aromatic rings. The molecule has 5 heteroatoms. The second kappa shape index (κ2) is 6.09. The summed E-state index contributed by atoms with van der Waals surface area (Å²) >= 11 is 3.91. The van der Waals surface area contributed by atoms with E-state index in [4.69, 9.17) is 5.84 Å². The van der Waals surface area contributed by atoms with Crippen molar-refractivity contribution in [2.75, 3.05) is 17.3 Å². The Labute approximate surface area is 110 Å². The van der Waals surface area contributed by atoms with E-state index in [0.29, 0.717) is 5.25 Å². The van der Waals surface area contributed by atoms with Crippen LogP contribution in [0, 0.1) is 12.7 Å². The second-order valence-corrected chi connectivity index (χ2v) is 6.63. The van der Waals surface area contributed by atoms with Crippen LogP contribution in [0.2, 0.25) is 0 Å². The van der Waals surface area contributed by atoms with Crippen molar-refractivity contribution in [3.8, 4) is 0 Å². The van der Waals surface area contributed by atoms with Gasteiger partial charge in [0.25, 0.3) is 0 Å². The molecule has 0 aromatic heterocycles. The van der Waals surface area contributed by atoms with Crippen LogP contribution >= 0.6 is 23.5 Å². The molecule has 0 spiro atoms. The quantitative estimate of drug-likeness (QED) is 0.655. The van der Waals surface area contributed by atoms with Crippen LogP contribution in [-0.4, -0.2) is 22.5 Å². The fourth-order valence-corrected chi connectivity index (χ4v) is 4.93. The highest BCUT2D eigenvalue weighted by atomic mass is 32.2. The van der Waals surface area contributed by atoms with E-state index in [2.05, 4.69) is 5.43 Å². The molecule has 17 heavy (non-hydrogen) atoms. The first-order chi connectivity index (χ1) is 8.22. The van der Waals surface area contributed by atoms with Gasteiger partial charge in [-0.25, -0.2) is 4.39 Å². The molecule has 0 saturated carbocycles. The number of halogens is 1. The number of hydrazine groups is 1. The Hall–Kier alpha value is -0.230. The number of rotatable bonds is 3. The number of benzene rings is 1. The largest absolute Gasteiger partial charge is 0.271 e. The Kier molecular flexibility index (Phi) is 4.73. The molecule has 2 nitrogen and oxygen atoms in total. The maximum Gasteiger partial charge on any atom is 0.123 e. The lowest BCUT2D eigenvalue weighted by Gasteiger charge is -2.30. The average molecular weight is 272 g/mol. The predicted molar refractivity (Wildman–Crippen MR) is 74.8 cm³/mol. The van der Waals surface area contributed by atoms with Gasteiger partial charge in [-0.1, -0.05) is 6.07 Å². The van der Waals surface area contributed by atoms with Gasteiger partial charge in [-0.2, -0.15) is 23.5 Å². The molecule has 1 aliphatic heterocycles. The van der Waals surface area contributed by atoms with E-state index in [0.717, 1.165) is 22.6 Å². The summed E-state index contributed by atoms with van der Waals surface area (Å²) in [7, 11) is 0. The molecular weight excluding hydrogens is 255 g/mol. The van der Waals surface area contributed by atoms with E-state index < -0.39 is 0 Å². The smallest absolute Gasteiger partial charge is 0.123 e. The van der Waals surface area contributed by atoms with Crippen molar-refractivity contribution in [3.63, 3.8) is 0 Å². The Morgan fingerprint density at radius 2 is 2.29 bits per heavy atom. The molecule has 2 unspecified atom stereocenters. The van der Waals surface area contributed by atoms with Crippen molar-refractivity contribution in [1.82, 2.24) is 5.43 Å². The molecule has 3 N–H and O–H groups in total. The first kappa shape index (κ1) is 13.2. The van der Waals surface area contributed by atoms with Crippen LogP contribution < -0.4 is 11.3 Å². The normalized spacial score (nSPS) is 22.4. The topological polar surface area (TPSA) is 38.0 Å². The first-order valence-corrected chi connectivity index (χ1v) is 7.84. The van der Waals surface area contributed by atoms with E-state index in [1.54, 1.807) is 6.07 Å². The van der Waals surface area contributed by atoms with Crippen LogP contribution in [0.5, 0.6) is 0 Å². The van der Waals surface area contributed by atoms with Crippen molar-refractivity contribution >= 4 is 23.5 Å². The minimum atomic E-state index is -0.187. The number of hydrogen-bond donors (Lipinski definition) is 2. The zero-order chi connectivity index (χ0) is 12.3. The van der Waals surface area contributed by atoms with Gasteiger partial charge in [0, 0.05) is 22.5 Å². The summed E-state index contributed by atoms with van der Waals surface area (Å²) in [6.45, 7) is 1.93. The Morgan fingerprint density at radius 1 is 1.47 bits per heavy atom. The van der Waals surface area contributed by atoms with Gasteiger partial charge in [-0.15, -0.1) is 0 Å². The molecule has 94 valence electrons. The van der Waals surface area contributed by atoms with E-state index in [9.17, 15) is 4.39 Å². The summed E-state index contributed by atoms with van der Waals surface area (Å²) < 4.78 is 13.1. The van der Waals surface area contributed by atoms with Gasteiger partial charge >= 0.3 is 0 Å². The zero-order valence-electron chi connectivity index (χ0n) is 9.78. The van der Waals surface area contributed by atoms with Gasteiger partial charge in [0.1, 0.15) is 5.82 Å². The zero-order valence-corrected chi connectivity index (χ0v) is 11.4. The third-order valence-electron chi connectivity index (χ3n) is 2.96. The molecule has 2 atom stereocenters. The van der Waals surface area contributed by atoms with E-state index >= 15 is 0 Å². The first-order valence-electron chi connectivity index (χ1n) is 5.64. The van der Waals surface area contributed by atoms with Gasteiger partial charge in [-0.05, 0) is 30.2 Å². The number of nitrogens with two attached hydrogens (primary N) is 1. The minimum absolute atomic E-state index is 0.105. The van der Waals surface area contributed by atoms with Crippen molar-refractivity contribution in [2.45, 2.75) is 18.2 Å². The lowest BCUT2D eigenvalue weighted by atomic mass is 9.99. The summed E-state index contributed by atoms with van der Waals surface area (Å²) in [4.78, 5) is 0. The van der Waals surface area contributed by atoms with Crippen molar-refractivity contribution in [1.29, 1.82) is 0 Å². The SMILES string of the molecule is Cc1cc(F)ccc1C(NN)C1CSCCS1. The number of aryl methyl sites for hydroxylation is 1. The number of thioether (sulfide) groups is 2. The van der Waals surface area contributed by atoms with Crippen LogP contribution in [0.3, 0.4) is 0 Å². The molecule has 1 aromatic carbocycles. The summed E-state index contributed by atoms with van der Waals surface area (Å²) in [5.41, 5.74) is 4.96. The highest BCUT2D eigenvalue weighted by Gasteiger charge is 2.26. The Balaban J connectivity index is 2.21. The van der Waals surface area contributed by atoms with E-state index in [1.165, 1.54) is 11.8 Å². The Bertz CT molecular complexity index is 381. The van der Waals surface area contributed by atoms with E-state index in [-0.39, 0.29) is 11.9 Å². The minimum Gasteiger partial charge on any atom is -0.271 e. The fraction of sp³-hybridized carbons (Fsp3) is 0.500. The Morgan fingerprint density at radius 3 is 2.88 bits per heavy atom. The highest BCUT2D eigenvalue weighted by molar-refractivity contribution is 8.06. The second-order valence-electron chi connectivity index (χ2n) is 4.13. The van der Waals surface area contributed by atoms with Crippen LogP contribution in [0.25, 0.3) is 0 Å². The van der Waals surface area contributed by atoms with Crippen LogP contribution in [-0.2, 0) is 0 Å². The standard InChI is InChI=1S/C12H17FN2S2/c1-8-6-9(13)2-3-10(8)12(15-14)11-7-16-4-5-17-11/h2-3,6,11-12,15H,4-5,7,14H2,1H3. The summed E-state index contributed by atoms with van der Waals surface area (Å²) in [5, 5.41) is 0.461. The fourth-order valence-electron chi connectivity index (χ4n) is 2.08. The summed E-state index contributed by atoms with van der Waals surface area (Å²) in [6, 6.07) is 5.02. The summed E-state index contributed by atoms with van der Waals surface area (Å²) in [6.07, 6.45) is 0. The molecular formula is C12H17FN2S2. The predicted octanol–water partition coefficient (Wildman–Crippen LogP) is 2.49. The van der Waals surface area contributed by atoms with E-state index in [1.807, 2.05) is 36.5 Å². The maximum absolute atomic E-state index is 13.1. The van der Waals surface area contributed by atoms with Crippen LogP contribution in [0.15, 0.2) is 18.2 Å². The van der Waals surface area contributed by atoms with Crippen molar-refractivity contribution in [2.24, 2.45) is 5.84 Å². The van der Waals surface area contributed by atoms with Crippen LogP contribution in [0.1, 0.15) is 17.2 Å². The molecule has 1 saturated heterocycles. The molecule has 0 aliphatic carbocycles. The molecule has 2 rings (SSSR count). The lowest BCUT2D eigenvalue weighted by molar-refractivity contribution is 0.547. The third kappa shape index (κ3) is 3.16. The van der Waals surface area contributed by atoms with Crippen molar-refractivity contribution < 1.29 is 4.39 Å². The van der Waals surface area contributed by atoms with Crippen molar-refractivity contribution in [3.05, 3.63) is 35.1 Å². The molecule has 1 aliphatic rings. The van der Waals surface area contributed by atoms with Crippen LogP contribution in [0.4, 0.5) is 4.39 Å². The summed E-state index contributed by atoms with van der Waals surface area (Å²) in [5.74, 6) is 8.95. The number of nitrogens with one attached hydrogen (secondary N) is 1. The maximum atomic E-state index is 13.1. The third-order valence-corrected chi connectivity index (χ3v) is 5.82. The number of hydrogen-bond acceptors (Lipinski definition) is 4. The molecule has 0 bridgehead atoms. The van der Waals surface area contributed by atoms with Gasteiger partial charge in [0.2, 0.25) is 0 Å². The van der Waals surface area contributed by atoms with Gasteiger partial charge in [0.15, 0.2) is 0 Å².